The molecule has 1 aliphatic carbocycles. The van der Waals surface area contributed by atoms with Gasteiger partial charge in [-0.15, -0.1) is 0 Å². The summed E-state index contributed by atoms with van der Waals surface area (Å²) in [5.41, 5.74) is 0.0986. The van der Waals surface area contributed by atoms with Gasteiger partial charge >= 0.3 is 6.18 Å². The number of benzene rings is 1. The van der Waals surface area contributed by atoms with Gasteiger partial charge in [0.1, 0.15) is 0 Å². The number of aryl methyl sites for hydroxylation is 1. The molecule has 0 saturated heterocycles. The Balaban J connectivity index is 1.64. The van der Waals surface area contributed by atoms with Crippen LogP contribution in [-0.4, -0.2) is 40.1 Å². The molecular formula is C18H18ClF3N4O2. The lowest BCUT2D eigenvalue weighted by atomic mass is 10.2. The van der Waals surface area contributed by atoms with Crippen molar-refractivity contribution in [2.24, 2.45) is 7.05 Å². The molecule has 0 unspecified atom stereocenters. The number of carbonyl (C=O) groups excluding carboxylic acids is 2. The number of rotatable bonds is 5. The topological polar surface area (TPSA) is 67.2 Å². The summed E-state index contributed by atoms with van der Waals surface area (Å²) in [6, 6.07) is 4.78. The first-order valence-electron chi connectivity index (χ1n) is 8.52. The van der Waals surface area contributed by atoms with E-state index in [0.29, 0.717) is 5.92 Å². The number of likely N-dealkylation sites (N-methyl/N-ethyl adjacent to an activating group) is 1. The molecule has 1 aliphatic rings. The maximum Gasteiger partial charge on any atom is 0.417 e. The van der Waals surface area contributed by atoms with Crippen molar-refractivity contribution in [3.63, 3.8) is 0 Å². The molecule has 0 spiro atoms. The first-order valence-corrected chi connectivity index (χ1v) is 8.90. The summed E-state index contributed by atoms with van der Waals surface area (Å²) in [6.45, 7) is -0.335. The van der Waals surface area contributed by atoms with Crippen LogP contribution in [0, 0.1) is 0 Å². The normalized spacial score (nSPS) is 14.1. The lowest BCUT2D eigenvalue weighted by Gasteiger charge is -2.16. The average Bonchev–Trinajstić information content (AvgIpc) is 3.37. The van der Waals surface area contributed by atoms with Gasteiger partial charge in [0.25, 0.3) is 5.91 Å². The Morgan fingerprint density at radius 2 is 2.00 bits per heavy atom. The third-order valence-electron chi connectivity index (χ3n) is 4.41. The van der Waals surface area contributed by atoms with Crippen LogP contribution < -0.4 is 5.32 Å². The second kappa shape index (κ2) is 7.46. The van der Waals surface area contributed by atoms with Crippen molar-refractivity contribution < 1.29 is 22.8 Å². The molecule has 2 aromatic rings. The second-order valence-electron chi connectivity index (χ2n) is 6.75. The van der Waals surface area contributed by atoms with Crippen LogP contribution in [0.25, 0.3) is 0 Å². The number of amides is 2. The van der Waals surface area contributed by atoms with E-state index < -0.39 is 28.6 Å². The molecule has 6 nitrogen and oxygen atoms in total. The van der Waals surface area contributed by atoms with Crippen LogP contribution in [0.4, 0.5) is 18.9 Å². The SMILES string of the molecule is CN(CC(=O)Nc1ccc(Cl)c(C(F)(F)F)c1)C(=O)c1cc(C2CC2)n(C)n1. The van der Waals surface area contributed by atoms with Gasteiger partial charge in [-0.2, -0.15) is 18.3 Å². The number of nitrogens with one attached hydrogen (secondary N) is 1. The molecule has 1 aromatic carbocycles. The highest BCUT2D eigenvalue weighted by molar-refractivity contribution is 6.31. The summed E-state index contributed by atoms with van der Waals surface area (Å²) < 4.78 is 40.4. The number of hydrogen-bond donors (Lipinski definition) is 1. The van der Waals surface area contributed by atoms with E-state index in [9.17, 15) is 22.8 Å². The maximum atomic E-state index is 12.9. The Morgan fingerprint density at radius 1 is 1.32 bits per heavy atom. The van der Waals surface area contributed by atoms with Crippen molar-refractivity contribution in [1.29, 1.82) is 0 Å². The molecule has 10 heteroatoms. The van der Waals surface area contributed by atoms with Crippen LogP contribution in [0.5, 0.6) is 0 Å². The number of anilines is 1. The Labute approximate surface area is 164 Å². The standard InChI is InChI=1S/C18H18ClF3N4O2/c1-25(17(28)14-8-15(10-3-4-10)26(2)24-14)9-16(27)23-11-5-6-13(19)12(7-11)18(20,21)22/h5-8,10H,3-4,9H2,1-2H3,(H,23,27). The van der Waals surface area contributed by atoms with Gasteiger partial charge in [-0.25, -0.2) is 0 Å². The van der Waals surface area contributed by atoms with E-state index in [4.69, 9.17) is 11.6 Å². The lowest BCUT2D eigenvalue weighted by molar-refractivity contribution is -0.137. The number of carbonyl (C=O) groups is 2. The highest BCUT2D eigenvalue weighted by Gasteiger charge is 2.33. The smallest absolute Gasteiger partial charge is 0.331 e. The zero-order valence-electron chi connectivity index (χ0n) is 15.2. The van der Waals surface area contributed by atoms with E-state index in [2.05, 4.69) is 10.4 Å². The maximum absolute atomic E-state index is 12.9. The third kappa shape index (κ3) is 4.46. The van der Waals surface area contributed by atoms with Crippen molar-refractivity contribution in [2.75, 3.05) is 18.9 Å². The predicted octanol–water partition coefficient (Wildman–Crippen LogP) is 3.68. The Hall–Kier alpha value is -2.55. The molecule has 1 fully saturated rings. The van der Waals surface area contributed by atoms with Crippen molar-refractivity contribution in [2.45, 2.75) is 24.9 Å². The monoisotopic (exact) mass is 414 g/mol. The fourth-order valence-corrected chi connectivity index (χ4v) is 3.08. The van der Waals surface area contributed by atoms with Gasteiger partial charge in [0.15, 0.2) is 5.69 Å². The molecule has 2 amide bonds. The van der Waals surface area contributed by atoms with Crippen LogP contribution in [0.1, 0.15) is 40.5 Å². The quantitative estimate of drug-likeness (QED) is 0.811. The van der Waals surface area contributed by atoms with Crippen molar-refractivity contribution >= 4 is 29.1 Å². The average molecular weight is 415 g/mol. The first-order chi connectivity index (χ1) is 13.1. The fourth-order valence-electron chi connectivity index (χ4n) is 2.85. The van der Waals surface area contributed by atoms with Crippen molar-refractivity contribution in [1.82, 2.24) is 14.7 Å². The molecule has 0 bridgehead atoms. The van der Waals surface area contributed by atoms with Gasteiger partial charge in [-0.05, 0) is 37.1 Å². The predicted molar refractivity (Wildman–Crippen MR) is 97.2 cm³/mol. The van der Waals surface area contributed by atoms with E-state index in [1.165, 1.54) is 13.1 Å². The Kier molecular flexibility index (Phi) is 5.38. The van der Waals surface area contributed by atoms with Crippen LogP contribution in [0.15, 0.2) is 24.3 Å². The summed E-state index contributed by atoms with van der Waals surface area (Å²) in [4.78, 5) is 25.8. The molecule has 28 heavy (non-hydrogen) atoms. The zero-order chi connectivity index (χ0) is 20.6. The lowest BCUT2D eigenvalue weighted by Crippen LogP contribution is -2.35. The van der Waals surface area contributed by atoms with Crippen LogP contribution in [0.3, 0.4) is 0 Å². The molecule has 1 heterocycles. The highest BCUT2D eigenvalue weighted by Crippen LogP contribution is 2.40. The van der Waals surface area contributed by atoms with Crippen LogP contribution in [-0.2, 0) is 18.0 Å². The van der Waals surface area contributed by atoms with Gasteiger partial charge in [-0.3, -0.25) is 14.3 Å². The van der Waals surface area contributed by atoms with Gasteiger partial charge in [0, 0.05) is 31.4 Å². The van der Waals surface area contributed by atoms with Crippen molar-refractivity contribution in [3.05, 3.63) is 46.2 Å². The number of alkyl halides is 3. The zero-order valence-corrected chi connectivity index (χ0v) is 15.9. The van der Waals surface area contributed by atoms with E-state index in [0.717, 1.165) is 35.6 Å². The van der Waals surface area contributed by atoms with Gasteiger partial charge in [0.2, 0.25) is 5.91 Å². The minimum absolute atomic E-state index is 0.0589. The summed E-state index contributed by atoms with van der Waals surface area (Å²) in [5.74, 6) is -0.658. The molecule has 0 aliphatic heterocycles. The Bertz CT molecular complexity index is 922. The number of hydrogen-bond acceptors (Lipinski definition) is 3. The minimum Gasteiger partial charge on any atom is -0.331 e. The molecule has 0 radical (unpaired) electrons. The minimum atomic E-state index is -4.64. The molecule has 150 valence electrons. The second-order valence-corrected chi connectivity index (χ2v) is 7.16. The van der Waals surface area contributed by atoms with E-state index in [-0.39, 0.29) is 17.9 Å². The van der Waals surface area contributed by atoms with Crippen molar-refractivity contribution in [3.8, 4) is 0 Å². The summed E-state index contributed by atoms with van der Waals surface area (Å²) in [7, 11) is 3.19. The number of aromatic nitrogens is 2. The van der Waals surface area contributed by atoms with Crippen LogP contribution >= 0.6 is 11.6 Å². The molecule has 1 saturated carbocycles. The summed E-state index contributed by atoms with van der Waals surface area (Å²) >= 11 is 5.56. The molecule has 1 N–H and O–H groups in total. The van der Waals surface area contributed by atoms with E-state index in [1.54, 1.807) is 17.8 Å². The summed E-state index contributed by atoms with van der Waals surface area (Å²) in [5, 5.41) is 6.07. The van der Waals surface area contributed by atoms with Crippen LogP contribution in [0.2, 0.25) is 5.02 Å². The van der Waals surface area contributed by atoms with Gasteiger partial charge in [0.05, 0.1) is 17.1 Å². The Morgan fingerprint density at radius 3 is 2.61 bits per heavy atom. The first kappa shape index (κ1) is 20.2. The van der Waals surface area contributed by atoms with Gasteiger partial charge < -0.3 is 10.2 Å². The molecule has 0 atom stereocenters. The highest BCUT2D eigenvalue weighted by atomic mass is 35.5. The van der Waals surface area contributed by atoms with Gasteiger partial charge in [-0.1, -0.05) is 11.6 Å². The fraction of sp³-hybridized carbons (Fsp3) is 0.389. The molecule has 3 rings (SSSR count). The van der Waals surface area contributed by atoms with E-state index in [1.807, 2.05) is 0 Å². The largest absolute Gasteiger partial charge is 0.417 e. The van der Waals surface area contributed by atoms with E-state index >= 15 is 0 Å². The molecule has 1 aromatic heterocycles. The number of nitrogens with zero attached hydrogens (tertiary/aromatic N) is 3. The molecular weight excluding hydrogens is 397 g/mol. The third-order valence-corrected chi connectivity index (χ3v) is 4.74. The number of halogens is 4. The summed E-state index contributed by atoms with van der Waals surface area (Å²) in [6.07, 6.45) is -2.51.